The summed E-state index contributed by atoms with van der Waals surface area (Å²) in [4.78, 5) is 20.9. The van der Waals surface area contributed by atoms with Gasteiger partial charge in [-0.3, -0.25) is 4.79 Å². The van der Waals surface area contributed by atoms with Gasteiger partial charge in [0.05, 0.1) is 34.7 Å². The highest BCUT2D eigenvalue weighted by Gasteiger charge is 2.50. The van der Waals surface area contributed by atoms with Gasteiger partial charge in [0.15, 0.2) is 0 Å². The first kappa shape index (κ1) is 19.9. The Kier molecular flexibility index (Phi) is 5.10. The van der Waals surface area contributed by atoms with Crippen LogP contribution in [-0.4, -0.2) is 36.2 Å². The van der Waals surface area contributed by atoms with Gasteiger partial charge in [-0.25, -0.2) is 14.4 Å². The zero-order chi connectivity index (χ0) is 20.8. The number of fused-ring (bicyclic) bond motifs is 1. The van der Waals surface area contributed by atoms with Crippen LogP contribution >= 0.6 is 23.2 Å². The molecule has 152 valence electrons. The van der Waals surface area contributed by atoms with E-state index in [1.807, 2.05) is 0 Å². The molecule has 1 aromatic heterocycles. The van der Waals surface area contributed by atoms with Crippen LogP contribution in [0.5, 0.6) is 0 Å². The van der Waals surface area contributed by atoms with Crippen molar-refractivity contribution in [1.82, 2.24) is 4.98 Å². The third-order valence-electron chi connectivity index (χ3n) is 5.16. The number of nitrogens with one attached hydrogen (secondary N) is 1. The van der Waals surface area contributed by atoms with Crippen molar-refractivity contribution in [3.8, 4) is 0 Å². The SMILES string of the molecule is CC1(c2cc(NC(=O)c3ncc(Cl)cc3Cl)ccc2F)N=C(N)OC2COCC21. The molecule has 7 nitrogen and oxygen atoms in total. The molecule has 1 saturated heterocycles. The van der Waals surface area contributed by atoms with Gasteiger partial charge >= 0.3 is 0 Å². The summed E-state index contributed by atoms with van der Waals surface area (Å²) in [5, 5.41) is 3.10. The lowest BCUT2D eigenvalue weighted by Gasteiger charge is -2.38. The molecule has 0 bridgehead atoms. The van der Waals surface area contributed by atoms with Crippen LogP contribution in [0.4, 0.5) is 10.1 Å². The van der Waals surface area contributed by atoms with E-state index in [0.717, 1.165) is 0 Å². The van der Waals surface area contributed by atoms with Crippen LogP contribution in [0.2, 0.25) is 10.0 Å². The third kappa shape index (κ3) is 3.63. The Hall–Kier alpha value is -2.42. The van der Waals surface area contributed by atoms with Crippen molar-refractivity contribution in [2.75, 3.05) is 18.5 Å². The van der Waals surface area contributed by atoms with E-state index >= 15 is 0 Å². The van der Waals surface area contributed by atoms with E-state index in [4.69, 9.17) is 38.4 Å². The minimum Gasteiger partial charge on any atom is -0.459 e. The van der Waals surface area contributed by atoms with Gasteiger partial charge < -0.3 is 20.5 Å². The minimum absolute atomic E-state index is 0.00532. The number of halogens is 3. The van der Waals surface area contributed by atoms with E-state index in [2.05, 4.69) is 15.3 Å². The molecule has 3 atom stereocenters. The number of ether oxygens (including phenoxy) is 2. The zero-order valence-corrected chi connectivity index (χ0v) is 16.8. The number of nitrogens with zero attached hydrogens (tertiary/aromatic N) is 2. The molecule has 3 heterocycles. The Bertz CT molecular complexity index is 1020. The highest BCUT2D eigenvalue weighted by molar-refractivity contribution is 6.36. The third-order valence-corrected chi connectivity index (χ3v) is 5.65. The summed E-state index contributed by atoms with van der Waals surface area (Å²) in [6.45, 7) is 2.49. The van der Waals surface area contributed by atoms with Crippen LogP contribution in [0, 0.1) is 11.7 Å². The normalized spacial score (nSPS) is 25.7. The van der Waals surface area contributed by atoms with Gasteiger partial charge in [0.25, 0.3) is 11.9 Å². The van der Waals surface area contributed by atoms with Crippen molar-refractivity contribution in [2.45, 2.75) is 18.6 Å². The molecule has 1 amide bonds. The second kappa shape index (κ2) is 7.44. The number of nitrogens with two attached hydrogens (primary N) is 1. The van der Waals surface area contributed by atoms with E-state index in [-0.39, 0.29) is 34.3 Å². The molecule has 29 heavy (non-hydrogen) atoms. The second-order valence-corrected chi connectivity index (χ2v) is 7.87. The smallest absolute Gasteiger partial charge is 0.283 e. The van der Waals surface area contributed by atoms with Crippen LogP contribution in [0.15, 0.2) is 35.5 Å². The lowest BCUT2D eigenvalue weighted by molar-refractivity contribution is 0.0817. The van der Waals surface area contributed by atoms with Crippen LogP contribution < -0.4 is 11.1 Å². The number of rotatable bonds is 3. The number of carbonyl (C=O) groups is 1. The maximum Gasteiger partial charge on any atom is 0.283 e. The van der Waals surface area contributed by atoms with Crippen molar-refractivity contribution in [3.05, 3.63) is 57.6 Å². The van der Waals surface area contributed by atoms with Crippen LogP contribution in [-0.2, 0) is 15.0 Å². The fraction of sp³-hybridized carbons (Fsp3) is 0.316. The number of carbonyl (C=O) groups excluding carboxylic acids is 1. The fourth-order valence-electron chi connectivity index (χ4n) is 3.69. The lowest BCUT2D eigenvalue weighted by atomic mass is 9.77. The zero-order valence-electron chi connectivity index (χ0n) is 15.3. The van der Waals surface area contributed by atoms with E-state index in [9.17, 15) is 9.18 Å². The van der Waals surface area contributed by atoms with Gasteiger partial charge in [0.2, 0.25) is 0 Å². The van der Waals surface area contributed by atoms with Gasteiger partial charge in [-0.05, 0) is 31.2 Å². The predicted octanol–water partition coefficient (Wildman–Crippen LogP) is 3.35. The maximum atomic E-state index is 14.8. The van der Waals surface area contributed by atoms with E-state index < -0.39 is 17.3 Å². The molecule has 0 radical (unpaired) electrons. The Morgan fingerprint density at radius 1 is 1.34 bits per heavy atom. The number of hydrogen-bond donors (Lipinski definition) is 2. The van der Waals surface area contributed by atoms with Gasteiger partial charge in [0, 0.05) is 17.4 Å². The summed E-state index contributed by atoms with van der Waals surface area (Å²) < 4.78 is 25.8. The van der Waals surface area contributed by atoms with Crippen LogP contribution in [0.25, 0.3) is 0 Å². The van der Waals surface area contributed by atoms with Crippen LogP contribution in [0.1, 0.15) is 23.0 Å². The predicted molar refractivity (Wildman–Crippen MR) is 107 cm³/mol. The summed E-state index contributed by atoms with van der Waals surface area (Å²) in [6.07, 6.45) is 1.01. The summed E-state index contributed by atoms with van der Waals surface area (Å²) in [7, 11) is 0. The Balaban J connectivity index is 1.67. The van der Waals surface area contributed by atoms with E-state index in [1.54, 1.807) is 6.92 Å². The molecule has 0 saturated carbocycles. The summed E-state index contributed by atoms with van der Waals surface area (Å²) in [5.74, 6) is -1.24. The van der Waals surface area contributed by atoms with Crippen molar-refractivity contribution in [2.24, 2.45) is 16.6 Å². The van der Waals surface area contributed by atoms with E-state index in [1.165, 1.54) is 30.5 Å². The number of amides is 1. The first-order valence-corrected chi connectivity index (χ1v) is 9.55. The molecular weight excluding hydrogens is 422 g/mol. The molecular formula is C19H17Cl2FN4O3. The molecule has 2 aromatic rings. The number of anilines is 1. The molecule has 4 rings (SSSR count). The van der Waals surface area contributed by atoms with Gasteiger partial charge in [-0.15, -0.1) is 0 Å². The number of amidine groups is 1. The second-order valence-electron chi connectivity index (χ2n) is 7.03. The topological polar surface area (TPSA) is 98.8 Å². The van der Waals surface area contributed by atoms with Crippen molar-refractivity contribution in [1.29, 1.82) is 0 Å². The largest absolute Gasteiger partial charge is 0.459 e. The molecule has 0 spiro atoms. The highest BCUT2D eigenvalue weighted by Crippen LogP contribution is 2.43. The molecule has 2 aliphatic rings. The number of pyridine rings is 1. The van der Waals surface area contributed by atoms with E-state index in [0.29, 0.717) is 23.9 Å². The molecule has 10 heteroatoms. The maximum absolute atomic E-state index is 14.8. The minimum atomic E-state index is -1.01. The van der Waals surface area contributed by atoms with Crippen LogP contribution in [0.3, 0.4) is 0 Å². The van der Waals surface area contributed by atoms with Gasteiger partial charge in [-0.2, -0.15) is 0 Å². The van der Waals surface area contributed by atoms with Gasteiger partial charge in [0.1, 0.15) is 17.6 Å². The molecule has 3 N–H and O–H groups in total. The van der Waals surface area contributed by atoms with Crippen molar-refractivity contribution >= 4 is 40.8 Å². The van der Waals surface area contributed by atoms with Crippen molar-refractivity contribution in [3.63, 3.8) is 0 Å². The van der Waals surface area contributed by atoms with Crippen molar-refractivity contribution < 1.29 is 18.7 Å². The number of aromatic nitrogens is 1. The van der Waals surface area contributed by atoms with Gasteiger partial charge in [-0.1, -0.05) is 23.2 Å². The molecule has 1 aromatic carbocycles. The first-order valence-electron chi connectivity index (χ1n) is 8.80. The highest BCUT2D eigenvalue weighted by atomic mass is 35.5. The Morgan fingerprint density at radius 3 is 2.90 bits per heavy atom. The monoisotopic (exact) mass is 438 g/mol. The first-order chi connectivity index (χ1) is 13.8. The average Bonchev–Trinajstić information content (AvgIpc) is 3.12. The lowest BCUT2D eigenvalue weighted by Crippen LogP contribution is -2.47. The number of hydrogen-bond acceptors (Lipinski definition) is 6. The molecule has 1 fully saturated rings. The average molecular weight is 439 g/mol. The summed E-state index contributed by atoms with van der Waals surface area (Å²) in [5.41, 5.74) is 5.45. The summed E-state index contributed by atoms with van der Waals surface area (Å²) in [6, 6.07) is 5.62. The molecule has 0 aliphatic carbocycles. The Labute approximate surface area is 176 Å². The number of benzene rings is 1. The Morgan fingerprint density at radius 2 is 2.14 bits per heavy atom. The molecule has 2 aliphatic heterocycles. The summed E-state index contributed by atoms with van der Waals surface area (Å²) >= 11 is 11.9. The quantitative estimate of drug-likeness (QED) is 0.765. The number of aliphatic imine (C=N–C) groups is 1. The fourth-order valence-corrected chi connectivity index (χ4v) is 4.16. The standard InChI is InChI=1S/C19H17Cl2FN4O3/c1-19(12-7-28-8-15(12)29-18(23)26-19)11-5-10(2-3-14(11)22)25-17(27)16-13(21)4-9(20)6-24-16/h2-6,12,15H,7-8H2,1H3,(H2,23,26)(H,25,27). The molecule has 3 unspecified atom stereocenters.